The van der Waals surface area contributed by atoms with Crippen molar-refractivity contribution in [2.75, 3.05) is 52.9 Å². The highest BCUT2D eigenvalue weighted by Gasteiger charge is 2.41. The molecule has 2 aromatic rings. The highest BCUT2D eigenvalue weighted by Crippen LogP contribution is 2.36. The molecular weight excluding hydrogens is 442 g/mol. The molecule has 2 aliphatic rings. The van der Waals surface area contributed by atoms with Gasteiger partial charge in [0.2, 0.25) is 5.91 Å². The minimum atomic E-state index is -0.463. The molecule has 178 valence electrons. The van der Waals surface area contributed by atoms with E-state index in [1.54, 1.807) is 36.1 Å². The van der Waals surface area contributed by atoms with Gasteiger partial charge in [-0.25, -0.2) is 0 Å². The maximum atomic E-state index is 13.3. The number of aromatic nitrogens is 2. The van der Waals surface area contributed by atoms with Crippen molar-refractivity contribution >= 4 is 23.4 Å². The van der Waals surface area contributed by atoms with Gasteiger partial charge in [-0.05, 0) is 44.2 Å². The van der Waals surface area contributed by atoms with Gasteiger partial charge >= 0.3 is 0 Å². The molecule has 0 saturated carbocycles. The van der Waals surface area contributed by atoms with E-state index in [9.17, 15) is 9.59 Å². The number of likely N-dealkylation sites (tertiary alicyclic amines) is 1. The number of aryl methyl sites for hydroxylation is 1. The fourth-order valence-electron chi connectivity index (χ4n) is 4.72. The van der Waals surface area contributed by atoms with Gasteiger partial charge in [0.05, 0.1) is 6.61 Å². The standard InChI is InChI=1S/C24H32ClN5O3/c1-27-11-13-29(14-12-27)22(31)16-24(18-33-20-6-3-5-19(25)15-20)8-4-10-30(17-24)23(32)21-7-9-26-28(21)2/h3,5-7,9,15H,4,8,10-14,16-18H2,1-2H3/t24-/m0/s1. The molecule has 2 amide bonds. The molecule has 0 bridgehead atoms. The van der Waals surface area contributed by atoms with E-state index in [-0.39, 0.29) is 11.8 Å². The van der Waals surface area contributed by atoms with Crippen LogP contribution < -0.4 is 4.74 Å². The van der Waals surface area contributed by atoms with Gasteiger partial charge < -0.3 is 19.4 Å². The van der Waals surface area contributed by atoms with E-state index < -0.39 is 5.41 Å². The number of carbonyl (C=O) groups is 2. The monoisotopic (exact) mass is 473 g/mol. The average molecular weight is 474 g/mol. The third kappa shape index (κ3) is 5.68. The first-order valence-corrected chi connectivity index (χ1v) is 11.8. The van der Waals surface area contributed by atoms with Crippen molar-refractivity contribution in [2.45, 2.75) is 19.3 Å². The van der Waals surface area contributed by atoms with Crippen molar-refractivity contribution < 1.29 is 14.3 Å². The Hall–Kier alpha value is -2.58. The lowest BCUT2D eigenvalue weighted by molar-refractivity contribution is -0.137. The van der Waals surface area contributed by atoms with Crippen molar-refractivity contribution in [1.82, 2.24) is 24.5 Å². The van der Waals surface area contributed by atoms with Gasteiger partial charge in [-0.15, -0.1) is 0 Å². The Morgan fingerprint density at radius 2 is 1.88 bits per heavy atom. The summed E-state index contributed by atoms with van der Waals surface area (Å²) < 4.78 is 7.75. The Kier molecular flexibility index (Phi) is 7.24. The van der Waals surface area contributed by atoms with Crippen molar-refractivity contribution in [2.24, 2.45) is 12.5 Å². The number of rotatable bonds is 6. The maximum absolute atomic E-state index is 13.3. The minimum Gasteiger partial charge on any atom is -0.493 e. The van der Waals surface area contributed by atoms with Crippen LogP contribution in [0.5, 0.6) is 5.75 Å². The zero-order valence-corrected chi connectivity index (χ0v) is 20.1. The molecule has 33 heavy (non-hydrogen) atoms. The summed E-state index contributed by atoms with van der Waals surface area (Å²) in [6, 6.07) is 9.02. The first-order chi connectivity index (χ1) is 15.8. The fourth-order valence-corrected chi connectivity index (χ4v) is 4.90. The molecule has 0 spiro atoms. The summed E-state index contributed by atoms with van der Waals surface area (Å²) in [5, 5.41) is 4.74. The van der Waals surface area contributed by atoms with Crippen LogP contribution in [-0.2, 0) is 11.8 Å². The number of hydrogen-bond donors (Lipinski definition) is 0. The molecule has 0 N–H and O–H groups in total. The molecule has 4 rings (SSSR count). The number of hydrogen-bond acceptors (Lipinski definition) is 5. The van der Waals surface area contributed by atoms with Crippen LogP contribution in [-0.4, -0.2) is 89.2 Å². The average Bonchev–Trinajstić information content (AvgIpc) is 3.24. The van der Waals surface area contributed by atoms with E-state index in [1.165, 1.54) is 0 Å². The molecule has 1 aromatic carbocycles. The van der Waals surface area contributed by atoms with Gasteiger partial charge in [0, 0.05) is 69.4 Å². The topological polar surface area (TPSA) is 70.9 Å². The second kappa shape index (κ2) is 10.1. The lowest BCUT2D eigenvalue weighted by atomic mass is 9.77. The van der Waals surface area contributed by atoms with Crippen LogP contribution in [0.1, 0.15) is 29.8 Å². The molecule has 3 heterocycles. The molecule has 2 fully saturated rings. The van der Waals surface area contributed by atoms with Gasteiger partial charge in [-0.3, -0.25) is 14.3 Å². The molecule has 1 aromatic heterocycles. The Morgan fingerprint density at radius 3 is 2.58 bits per heavy atom. The Labute approximate surface area is 200 Å². The number of halogens is 1. The van der Waals surface area contributed by atoms with E-state index >= 15 is 0 Å². The molecular formula is C24H32ClN5O3. The van der Waals surface area contributed by atoms with Crippen LogP contribution in [0.2, 0.25) is 5.02 Å². The summed E-state index contributed by atoms with van der Waals surface area (Å²) >= 11 is 6.13. The van der Waals surface area contributed by atoms with Crippen molar-refractivity contribution in [3.8, 4) is 5.75 Å². The largest absolute Gasteiger partial charge is 0.493 e. The minimum absolute atomic E-state index is 0.0612. The summed E-state index contributed by atoms with van der Waals surface area (Å²) in [6.07, 6.45) is 3.62. The van der Waals surface area contributed by atoms with Gasteiger partial charge in [0.15, 0.2) is 0 Å². The quantitative estimate of drug-likeness (QED) is 0.644. The summed E-state index contributed by atoms with van der Waals surface area (Å²) in [4.78, 5) is 32.6. The number of piperazine rings is 1. The van der Waals surface area contributed by atoms with E-state index in [1.807, 2.05) is 21.9 Å². The molecule has 2 saturated heterocycles. The van der Waals surface area contributed by atoms with Crippen LogP contribution in [0.15, 0.2) is 36.5 Å². The van der Waals surface area contributed by atoms with Gasteiger partial charge in [0.25, 0.3) is 5.91 Å². The van der Waals surface area contributed by atoms with E-state index in [0.717, 1.165) is 39.0 Å². The zero-order chi connectivity index (χ0) is 23.4. The predicted octanol–water partition coefficient (Wildman–Crippen LogP) is 2.54. The second-order valence-electron chi connectivity index (χ2n) is 9.28. The number of benzene rings is 1. The van der Waals surface area contributed by atoms with Gasteiger partial charge in [-0.2, -0.15) is 5.10 Å². The first kappa shape index (κ1) is 23.6. The molecule has 9 heteroatoms. The predicted molar refractivity (Wildman–Crippen MR) is 126 cm³/mol. The molecule has 1 atom stereocenters. The number of nitrogens with zero attached hydrogens (tertiary/aromatic N) is 5. The number of likely N-dealkylation sites (N-methyl/N-ethyl adjacent to an activating group) is 1. The smallest absolute Gasteiger partial charge is 0.272 e. The maximum Gasteiger partial charge on any atom is 0.272 e. The molecule has 0 unspecified atom stereocenters. The highest BCUT2D eigenvalue weighted by molar-refractivity contribution is 6.30. The Morgan fingerprint density at radius 1 is 1.09 bits per heavy atom. The number of ether oxygens (including phenoxy) is 1. The summed E-state index contributed by atoms with van der Waals surface area (Å²) in [5.74, 6) is 0.741. The lowest BCUT2D eigenvalue weighted by Crippen LogP contribution is -2.53. The van der Waals surface area contributed by atoms with E-state index in [0.29, 0.717) is 42.6 Å². The van der Waals surface area contributed by atoms with Gasteiger partial charge in [0.1, 0.15) is 11.4 Å². The highest BCUT2D eigenvalue weighted by atomic mass is 35.5. The van der Waals surface area contributed by atoms with Gasteiger partial charge in [-0.1, -0.05) is 17.7 Å². The Balaban J connectivity index is 1.52. The van der Waals surface area contributed by atoms with Crippen LogP contribution in [0, 0.1) is 5.41 Å². The SMILES string of the molecule is CN1CCN(C(=O)C[C@@]2(COc3cccc(Cl)c3)CCCN(C(=O)c3ccnn3C)C2)CC1. The summed E-state index contributed by atoms with van der Waals surface area (Å²) in [7, 11) is 3.84. The number of carbonyl (C=O) groups excluding carboxylic acids is 2. The molecule has 8 nitrogen and oxygen atoms in total. The normalized spacial score (nSPS) is 21.8. The molecule has 2 aliphatic heterocycles. The number of amides is 2. The van der Waals surface area contributed by atoms with Crippen molar-refractivity contribution in [3.63, 3.8) is 0 Å². The summed E-state index contributed by atoms with van der Waals surface area (Å²) in [6.45, 7) is 4.70. The molecule has 0 aliphatic carbocycles. The van der Waals surface area contributed by atoms with Crippen molar-refractivity contribution in [1.29, 1.82) is 0 Å². The zero-order valence-electron chi connectivity index (χ0n) is 19.4. The van der Waals surface area contributed by atoms with Crippen LogP contribution in [0.4, 0.5) is 0 Å². The van der Waals surface area contributed by atoms with Crippen LogP contribution in [0.25, 0.3) is 0 Å². The van der Waals surface area contributed by atoms with Crippen molar-refractivity contribution in [3.05, 3.63) is 47.2 Å². The Bertz CT molecular complexity index is 988. The fraction of sp³-hybridized carbons (Fsp3) is 0.542. The first-order valence-electron chi connectivity index (χ1n) is 11.5. The van der Waals surface area contributed by atoms with Crippen LogP contribution in [0.3, 0.4) is 0 Å². The molecule has 0 radical (unpaired) electrons. The lowest BCUT2D eigenvalue weighted by Gasteiger charge is -2.43. The van der Waals surface area contributed by atoms with E-state index in [2.05, 4.69) is 17.0 Å². The number of piperidine rings is 1. The third-order valence-corrected chi connectivity index (χ3v) is 6.95. The second-order valence-corrected chi connectivity index (χ2v) is 9.71. The van der Waals surface area contributed by atoms with E-state index in [4.69, 9.17) is 16.3 Å². The summed E-state index contributed by atoms with van der Waals surface area (Å²) in [5.41, 5.74) is 0.0851. The third-order valence-electron chi connectivity index (χ3n) is 6.71. The van der Waals surface area contributed by atoms with Crippen LogP contribution >= 0.6 is 11.6 Å².